The maximum absolute atomic E-state index is 12.8. The third-order valence-electron chi connectivity index (χ3n) is 5.50. The van der Waals surface area contributed by atoms with E-state index in [-0.39, 0.29) is 5.91 Å². The number of ether oxygens (including phenoxy) is 1. The SMILES string of the molecule is Cc1cc(C(=O)Nc2ccc(CN(C)C)cc2)nn1Cc1cc(Cl)ccc1OCc1ccccc1. The van der Waals surface area contributed by atoms with E-state index in [0.717, 1.165) is 34.8 Å². The van der Waals surface area contributed by atoms with Crippen molar-refractivity contribution in [3.8, 4) is 5.75 Å². The first-order chi connectivity index (χ1) is 16.9. The third-order valence-corrected chi connectivity index (χ3v) is 5.74. The molecule has 0 radical (unpaired) electrons. The van der Waals surface area contributed by atoms with Gasteiger partial charge in [-0.25, -0.2) is 0 Å². The average molecular weight is 489 g/mol. The normalized spacial score (nSPS) is 11.0. The van der Waals surface area contributed by atoms with Gasteiger partial charge in [-0.3, -0.25) is 9.48 Å². The molecule has 7 heteroatoms. The van der Waals surface area contributed by atoms with E-state index in [0.29, 0.717) is 23.9 Å². The molecule has 6 nitrogen and oxygen atoms in total. The van der Waals surface area contributed by atoms with Gasteiger partial charge in [0.15, 0.2) is 5.69 Å². The van der Waals surface area contributed by atoms with Crippen molar-refractivity contribution in [2.24, 2.45) is 0 Å². The molecule has 0 saturated heterocycles. The van der Waals surface area contributed by atoms with Crippen molar-refractivity contribution in [1.82, 2.24) is 14.7 Å². The quantitative estimate of drug-likeness (QED) is 0.324. The van der Waals surface area contributed by atoms with Gasteiger partial charge in [0.25, 0.3) is 5.91 Å². The van der Waals surface area contributed by atoms with E-state index in [9.17, 15) is 4.79 Å². The smallest absolute Gasteiger partial charge is 0.276 e. The highest BCUT2D eigenvalue weighted by Gasteiger charge is 2.15. The largest absolute Gasteiger partial charge is 0.489 e. The highest BCUT2D eigenvalue weighted by Crippen LogP contribution is 2.25. The topological polar surface area (TPSA) is 59.4 Å². The molecule has 0 saturated carbocycles. The van der Waals surface area contributed by atoms with Gasteiger partial charge in [0, 0.05) is 28.5 Å². The second-order valence-corrected chi connectivity index (χ2v) is 9.18. The maximum Gasteiger partial charge on any atom is 0.276 e. The molecule has 3 aromatic carbocycles. The second-order valence-electron chi connectivity index (χ2n) is 8.74. The van der Waals surface area contributed by atoms with Gasteiger partial charge in [-0.15, -0.1) is 0 Å². The molecule has 0 spiro atoms. The number of benzene rings is 3. The summed E-state index contributed by atoms with van der Waals surface area (Å²) >= 11 is 6.27. The molecule has 0 aliphatic rings. The number of aromatic nitrogens is 2. The molecular formula is C28H29ClN4O2. The minimum Gasteiger partial charge on any atom is -0.489 e. The number of hydrogen-bond acceptors (Lipinski definition) is 4. The van der Waals surface area contributed by atoms with Crippen molar-refractivity contribution in [1.29, 1.82) is 0 Å². The summed E-state index contributed by atoms with van der Waals surface area (Å²) in [7, 11) is 4.05. The molecule has 1 N–H and O–H groups in total. The molecule has 4 rings (SSSR count). The fraction of sp³-hybridized carbons (Fsp3) is 0.214. The zero-order valence-electron chi connectivity index (χ0n) is 20.2. The highest BCUT2D eigenvalue weighted by atomic mass is 35.5. The van der Waals surface area contributed by atoms with Gasteiger partial charge < -0.3 is 15.0 Å². The number of rotatable bonds is 9. The summed E-state index contributed by atoms with van der Waals surface area (Å²) < 4.78 is 7.86. The summed E-state index contributed by atoms with van der Waals surface area (Å²) in [5, 5.41) is 8.09. The monoisotopic (exact) mass is 488 g/mol. The average Bonchev–Trinajstić information content (AvgIpc) is 3.20. The summed E-state index contributed by atoms with van der Waals surface area (Å²) in [5.74, 6) is 0.482. The Morgan fingerprint density at radius 1 is 1.00 bits per heavy atom. The molecule has 0 fully saturated rings. The Bertz CT molecular complexity index is 1280. The Morgan fingerprint density at radius 3 is 2.46 bits per heavy atom. The van der Waals surface area contributed by atoms with E-state index in [2.05, 4.69) is 15.3 Å². The summed E-state index contributed by atoms with van der Waals surface area (Å²) in [6.07, 6.45) is 0. The van der Waals surface area contributed by atoms with E-state index >= 15 is 0 Å². The van der Waals surface area contributed by atoms with Gasteiger partial charge in [-0.05, 0) is 68.5 Å². The number of halogens is 1. The molecule has 1 aromatic heterocycles. The van der Waals surface area contributed by atoms with Gasteiger partial charge in [0.05, 0.1) is 6.54 Å². The third kappa shape index (κ3) is 6.72. The van der Waals surface area contributed by atoms with Crippen LogP contribution in [0, 0.1) is 6.92 Å². The lowest BCUT2D eigenvalue weighted by atomic mass is 10.2. The zero-order valence-corrected chi connectivity index (χ0v) is 20.9. The molecule has 1 heterocycles. The highest BCUT2D eigenvalue weighted by molar-refractivity contribution is 6.30. The summed E-state index contributed by atoms with van der Waals surface area (Å²) in [5.41, 5.74) is 5.11. The molecule has 180 valence electrons. The van der Waals surface area contributed by atoms with Crippen molar-refractivity contribution < 1.29 is 9.53 Å². The second kappa shape index (κ2) is 11.2. The van der Waals surface area contributed by atoms with Crippen LogP contribution in [-0.4, -0.2) is 34.7 Å². The molecule has 0 atom stereocenters. The van der Waals surface area contributed by atoms with Gasteiger partial charge in [-0.2, -0.15) is 5.10 Å². The van der Waals surface area contributed by atoms with E-state index in [1.807, 2.05) is 93.8 Å². The lowest BCUT2D eigenvalue weighted by Gasteiger charge is -2.13. The van der Waals surface area contributed by atoms with E-state index in [4.69, 9.17) is 16.3 Å². The van der Waals surface area contributed by atoms with Crippen LogP contribution in [0.25, 0.3) is 0 Å². The van der Waals surface area contributed by atoms with Crippen LogP contribution in [-0.2, 0) is 19.7 Å². The first-order valence-corrected chi connectivity index (χ1v) is 11.8. The molecule has 0 aliphatic heterocycles. The molecule has 0 aliphatic carbocycles. The lowest BCUT2D eigenvalue weighted by Crippen LogP contribution is -2.14. The number of aryl methyl sites for hydroxylation is 1. The van der Waals surface area contributed by atoms with Crippen LogP contribution in [0.3, 0.4) is 0 Å². The number of amides is 1. The fourth-order valence-corrected chi connectivity index (χ4v) is 3.94. The number of nitrogens with zero attached hydrogens (tertiary/aromatic N) is 3. The van der Waals surface area contributed by atoms with Crippen molar-refractivity contribution in [3.63, 3.8) is 0 Å². The van der Waals surface area contributed by atoms with Crippen molar-refractivity contribution in [2.75, 3.05) is 19.4 Å². The Morgan fingerprint density at radius 2 is 1.74 bits per heavy atom. The minimum atomic E-state index is -0.251. The molecular weight excluding hydrogens is 460 g/mol. The molecule has 0 unspecified atom stereocenters. The number of anilines is 1. The Labute approximate surface area is 211 Å². The first-order valence-electron chi connectivity index (χ1n) is 11.4. The summed E-state index contributed by atoms with van der Waals surface area (Å²) in [6.45, 7) is 3.66. The maximum atomic E-state index is 12.8. The van der Waals surface area contributed by atoms with Crippen LogP contribution in [0.1, 0.15) is 32.9 Å². The molecule has 35 heavy (non-hydrogen) atoms. The Balaban J connectivity index is 1.46. The Hall–Kier alpha value is -3.61. The van der Waals surface area contributed by atoms with Gasteiger partial charge in [-0.1, -0.05) is 54.1 Å². The molecule has 0 bridgehead atoms. The molecule has 1 amide bonds. The number of nitrogens with one attached hydrogen (secondary N) is 1. The summed E-state index contributed by atoms with van der Waals surface area (Å²) in [4.78, 5) is 14.9. The zero-order chi connectivity index (χ0) is 24.8. The number of carbonyl (C=O) groups is 1. The predicted octanol–water partition coefficient (Wildman–Crippen LogP) is 5.79. The molecule has 4 aromatic rings. The van der Waals surface area contributed by atoms with Gasteiger partial charge in [0.2, 0.25) is 0 Å². The van der Waals surface area contributed by atoms with Crippen LogP contribution < -0.4 is 10.1 Å². The van der Waals surface area contributed by atoms with Crippen molar-refractivity contribution in [3.05, 3.63) is 112 Å². The van der Waals surface area contributed by atoms with Crippen molar-refractivity contribution >= 4 is 23.2 Å². The standard InChI is InChI=1S/C28H29ClN4O2/c1-20-15-26(28(34)30-25-12-9-21(10-13-25)17-32(2)3)31-33(20)18-23-16-24(29)11-14-27(23)35-19-22-7-5-4-6-8-22/h4-16H,17-19H2,1-3H3,(H,30,34). The van der Waals surface area contributed by atoms with E-state index in [1.54, 1.807) is 10.7 Å². The van der Waals surface area contributed by atoms with Crippen LogP contribution in [0.2, 0.25) is 5.02 Å². The van der Waals surface area contributed by atoms with Crippen LogP contribution in [0.5, 0.6) is 5.75 Å². The van der Waals surface area contributed by atoms with Gasteiger partial charge in [0.1, 0.15) is 12.4 Å². The fourth-order valence-electron chi connectivity index (χ4n) is 3.74. The summed E-state index contributed by atoms with van der Waals surface area (Å²) in [6, 6.07) is 25.2. The van der Waals surface area contributed by atoms with Gasteiger partial charge >= 0.3 is 0 Å². The number of carbonyl (C=O) groups excluding carboxylic acids is 1. The van der Waals surface area contributed by atoms with E-state index in [1.165, 1.54) is 5.56 Å². The lowest BCUT2D eigenvalue weighted by molar-refractivity contribution is 0.102. The van der Waals surface area contributed by atoms with Crippen molar-refractivity contribution in [2.45, 2.75) is 26.6 Å². The first kappa shape index (κ1) is 24.5. The number of hydrogen-bond donors (Lipinski definition) is 1. The van der Waals surface area contributed by atoms with Crippen LogP contribution in [0.4, 0.5) is 5.69 Å². The minimum absolute atomic E-state index is 0.251. The van der Waals surface area contributed by atoms with Crippen LogP contribution in [0.15, 0.2) is 78.9 Å². The van der Waals surface area contributed by atoms with E-state index < -0.39 is 0 Å². The Kier molecular flexibility index (Phi) is 7.85. The predicted molar refractivity (Wildman–Crippen MR) is 140 cm³/mol. The van der Waals surface area contributed by atoms with Crippen LogP contribution >= 0.6 is 11.6 Å².